The van der Waals surface area contributed by atoms with Crippen molar-refractivity contribution in [3.05, 3.63) is 69.7 Å². The molecule has 0 saturated heterocycles. The molecule has 0 radical (unpaired) electrons. The lowest BCUT2D eigenvalue weighted by molar-refractivity contribution is -0.139. The van der Waals surface area contributed by atoms with Crippen molar-refractivity contribution in [2.75, 3.05) is 11.9 Å². The summed E-state index contributed by atoms with van der Waals surface area (Å²) in [4.78, 5) is 26.0. The van der Waals surface area contributed by atoms with E-state index in [9.17, 15) is 9.59 Å². The molecule has 0 aromatic heterocycles. The van der Waals surface area contributed by atoms with Crippen molar-refractivity contribution in [1.29, 1.82) is 0 Å². The lowest BCUT2D eigenvalue weighted by Gasteiger charge is -2.36. The Hall–Kier alpha value is -2.60. The maximum Gasteiger partial charge on any atom is 0.345 e. The molecule has 5 nitrogen and oxygen atoms in total. The summed E-state index contributed by atoms with van der Waals surface area (Å²) in [5, 5.41) is 6.20. The van der Waals surface area contributed by atoms with Gasteiger partial charge in [-0.1, -0.05) is 36.4 Å². The number of carbonyl (C=O) groups is 2. The van der Waals surface area contributed by atoms with Crippen LogP contribution in [0.5, 0.6) is 0 Å². The highest BCUT2D eigenvalue weighted by atomic mass is 79.9. The van der Waals surface area contributed by atoms with Crippen LogP contribution >= 0.6 is 15.9 Å². The van der Waals surface area contributed by atoms with E-state index in [0.29, 0.717) is 11.4 Å². The lowest BCUT2D eigenvalue weighted by atomic mass is 9.84. The SMILES string of the molecule is CCOC(=O)/C(C(=O)Nc1ccccc1Br)=C1/NC(C)(C)Cc2ccccc21. The van der Waals surface area contributed by atoms with E-state index >= 15 is 0 Å². The van der Waals surface area contributed by atoms with Crippen LogP contribution in [0.1, 0.15) is 31.9 Å². The van der Waals surface area contributed by atoms with Crippen LogP contribution in [0.4, 0.5) is 5.69 Å². The largest absolute Gasteiger partial charge is 0.462 e. The average molecular weight is 443 g/mol. The summed E-state index contributed by atoms with van der Waals surface area (Å²) in [6.45, 7) is 5.98. The molecule has 1 aliphatic heterocycles. The molecule has 0 fully saturated rings. The van der Waals surface area contributed by atoms with E-state index in [1.54, 1.807) is 13.0 Å². The Morgan fingerprint density at radius 1 is 1.14 bits per heavy atom. The summed E-state index contributed by atoms with van der Waals surface area (Å²) in [5.41, 5.74) is 2.66. The van der Waals surface area contributed by atoms with Gasteiger partial charge >= 0.3 is 5.97 Å². The topological polar surface area (TPSA) is 67.4 Å². The van der Waals surface area contributed by atoms with Crippen molar-refractivity contribution in [2.24, 2.45) is 0 Å². The maximum atomic E-state index is 13.2. The minimum atomic E-state index is -0.651. The van der Waals surface area contributed by atoms with E-state index in [0.717, 1.165) is 22.0 Å². The standard InChI is InChI=1S/C22H23BrN2O3/c1-4-28-21(27)18(20(26)24-17-12-8-7-11-16(17)23)19-15-10-6-5-9-14(15)13-22(2,3)25-19/h5-12,25H,4,13H2,1-3H3,(H,24,26)/b19-18+. The molecule has 0 saturated carbocycles. The first kappa shape index (κ1) is 20.1. The molecule has 2 aromatic carbocycles. The van der Waals surface area contributed by atoms with Gasteiger partial charge in [0.15, 0.2) is 0 Å². The third kappa shape index (κ3) is 4.28. The molecule has 28 heavy (non-hydrogen) atoms. The zero-order chi connectivity index (χ0) is 20.3. The molecule has 2 aromatic rings. The van der Waals surface area contributed by atoms with Crippen LogP contribution in [0.2, 0.25) is 0 Å². The minimum Gasteiger partial charge on any atom is -0.462 e. The van der Waals surface area contributed by atoms with E-state index in [1.807, 2.05) is 56.3 Å². The molecular formula is C22H23BrN2O3. The minimum absolute atomic E-state index is 0.0298. The third-order valence-electron chi connectivity index (χ3n) is 4.46. The molecule has 2 N–H and O–H groups in total. The fourth-order valence-electron chi connectivity index (χ4n) is 3.30. The highest BCUT2D eigenvalue weighted by Gasteiger charge is 2.34. The van der Waals surface area contributed by atoms with Gasteiger partial charge < -0.3 is 15.4 Å². The Bertz CT molecular complexity index is 950. The van der Waals surface area contributed by atoms with Gasteiger partial charge in [0.25, 0.3) is 5.91 Å². The van der Waals surface area contributed by atoms with Gasteiger partial charge in [-0.15, -0.1) is 0 Å². The van der Waals surface area contributed by atoms with Crippen LogP contribution < -0.4 is 10.6 Å². The zero-order valence-electron chi connectivity index (χ0n) is 16.1. The van der Waals surface area contributed by atoms with Crippen LogP contribution in [0.3, 0.4) is 0 Å². The number of amides is 1. The van der Waals surface area contributed by atoms with Gasteiger partial charge in [-0.2, -0.15) is 0 Å². The van der Waals surface area contributed by atoms with E-state index in [1.165, 1.54) is 0 Å². The summed E-state index contributed by atoms with van der Waals surface area (Å²) < 4.78 is 5.95. The van der Waals surface area contributed by atoms with Gasteiger partial charge in [-0.25, -0.2) is 4.79 Å². The number of para-hydroxylation sites is 1. The predicted octanol–water partition coefficient (Wildman–Crippen LogP) is 4.29. The van der Waals surface area contributed by atoms with Crippen molar-refractivity contribution in [1.82, 2.24) is 5.32 Å². The monoisotopic (exact) mass is 442 g/mol. The van der Waals surface area contributed by atoms with Crippen LogP contribution in [-0.2, 0) is 20.7 Å². The fraction of sp³-hybridized carbons (Fsp3) is 0.273. The number of hydrogen-bond acceptors (Lipinski definition) is 4. The number of carbonyl (C=O) groups excluding carboxylic acids is 2. The van der Waals surface area contributed by atoms with Crippen LogP contribution in [0, 0.1) is 0 Å². The number of halogens is 1. The van der Waals surface area contributed by atoms with Gasteiger partial charge in [0, 0.05) is 15.6 Å². The molecule has 0 bridgehead atoms. The highest BCUT2D eigenvalue weighted by molar-refractivity contribution is 9.10. The predicted molar refractivity (Wildman–Crippen MR) is 114 cm³/mol. The summed E-state index contributed by atoms with van der Waals surface area (Å²) >= 11 is 3.42. The zero-order valence-corrected chi connectivity index (χ0v) is 17.7. The molecule has 1 heterocycles. The summed E-state index contributed by atoms with van der Waals surface area (Å²) in [6.07, 6.45) is 0.786. The number of benzene rings is 2. The van der Waals surface area contributed by atoms with Crippen molar-refractivity contribution < 1.29 is 14.3 Å². The number of ether oxygens (including phenoxy) is 1. The third-order valence-corrected chi connectivity index (χ3v) is 5.15. The Balaban J connectivity index is 2.13. The average Bonchev–Trinajstić information content (AvgIpc) is 2.63. The molecule has 0 spiro atoms. The Morgan fingerprint density at radius 3 is 2.54 bits per heavy atom. The summed E-state index contributed by atoms with van der Waals surface area (Å²) in [5.74, 6) is -1.16. The Morgan fingerprint density at radius 2 is 1.82 bits per heavy atom. The molecule has 1 amide bonds. The van der Waals surface area contributed by atoms with Crippen molar-refractivity contribution in [3.63, 3.8) is 0 Å². The molecule has 1 aliphatic rings. The molecule has 0 unspecified atom stereocenters. The molecule has 0 aliphatic carbocycles. The second-order valence-corrected chi connectivity index (χ2v) is 8.10. The van der Waals surface area contributed by atoms with Gasteiger partial charge in [0.2, 0.25) is 0 Å². The van der Waals surface area contributed by atoms with Crippen molar-refractivity contribution >= 4 is 39.2 Å². The van der Waals surface area contributed by atoms with Crippen LogP contribution in [-0.4, -0.2) is 24.0 Å². The second kappa shape index (κ2) is 8.19. The van der Waals surface area contributed by atoms with Crippen LogP contribution in [0.25, 0.3) is 5.70 Å². The van der Waals surface area contributed by atoms with Gasteiger partial charge in [0.05, 0.1) is 18.0 Å². The first-order valence-electron chi connectivity index (χ1n) is 9.16. The number of esters is 1. The highest BCUT2D eigenvalue weighted by Crippen LogP contribution is 2.32. The van der Waals surface area contributed by atoms with Gasteiger partial charge in [-0.3, -0.25) is 4.79 Å². The van der Waals surface area contributed by atoms with Crippen LogP contribution in [0.15, 0.2) is 58.6 Å². The molecular weight excluding hydrogens is 420 g/mol. The van der Waals surface area contributed by atoms with Gasteiger partial charge in [0.1, 0.15) is 5.57 Å². The second-order valence-electron chi connectivity index (χ2n) is 7.25. The van der Waals surface area contributed by atoms with Gasteiger partial charge in [-0.05, 0) is 60.8 Å². The Kier molecular flexibility index (Phi) is 5.89. The fourth-order valence-corrected chi connectivity index (χ4v) is 3.68. The smallest absolute Gasteiger partial charge is 0.345 e. The first-order valence-corrected chi connectivity index (χ1v) is 9.95. The van der Waals surface area contributed by atoms with E-state index < -0.39 is 11.9 Å². The number of hydrogen-bond donors (Lipinski definition) is 2. The number of nitrogens with one attached hydrogen (secondary N) is 2. The quantitative estimate of drug-likeness (QED) is 0.320. The normalized spacial score (nSPS) is 16.4. The summed E-state index contributed by atoms with van der Waals surface area (Å²) in [7, 11) is 0. The first-order chi connectivity index (χ1) is 13.3. The van der Waals surface area contributed by atoms with E-state index in [2.05, 4.69) is 26.6 Å². The molecule has 3 rings (SSSR count). The summed E-state index contributed by atoms with van der Waals surface area (Å²) in [6, 6.07) is 15.0. The van der Waals surface area contributed by atoms with Crippen molar-refractivity contribution in [2.45, 2.75) is 32.7 Å². The molecule has 146 valence electrons. The Labute approximate surface area is 173 Å². The number of anilines is 1. The van der Waals surface area contributed by atoms with E-state index in [-0.39, 0.29) is 17.7 Å². The molecule has 0 atom stereocenters. The maximum absolute atomic E-state index is 13.2. The van der Waals surface area contributed by atoms with E-state index in [4.69, 9.17) is 4.74 Å². The van der Waals surface area contributed by atoms with Crippen molar-refractivity contribution in [3.8, 4) is 0 Å². The molecule has 6 heteroatoms. The number of rotatable bonds is 4. The number of fused-ring (bicyclic) bond motifs is 1. The lowest BCUT2D eigenvalue weighted by Crippen LogP contribution is -2.45.